The summed E-state index contributed by atoms with van der Waals surface area (Å²) < 4.78 is 0. The van der Waals surface area contributed by atoms with Gasteiger partial charge in [0.15, 0.2) is 19.0 Å². The number of hydrogen-bond acceptors (Lipinski definition) is 0. The molecule has 0 aromatic heterocycles. The first-order valence-corrected chi connectivity index (χ1v) is 9.64. The second-order valence-corrected chi connectivity index (χ2v) is 7.22. The Morgan fingerprint density at radius 2 is 0.958 bits per heavy atom. The van der Waals surface area contributed by atoms with E-state index in [4.69, 9.17) is 0 Å². The van der Waals surface area contributed by atoms with Crippen LogP contribution < -0.4 is 10.4 Å². The third kappa shape index (κ3) is 5.14. The first kappa shape index (κ1) is 16.1. The minimum Gasteiger partial charge on any atom is -0.124 e. The van der Waals surface area contributed by atoms with Crippen molar-refractivity contribution in [2.75, 3.05) is 0 Å². The van der Waals surface area contributed by atoms with E-state index >= 15 is 0 Å². The summed E-state index contributed by atoms with van der Waals surface area (Å²) in [5.74, 6) is 6.48. The zero-order valence-corrected chi connectivity index (χ0v) is 15.1. The molecule has 24 heavy (non-hydrogen) atoms. The van der Waals surface area contributed by atoms with Crippen molar-refractivity contribution in [1.29, 1.82) is 0 Å². The Balaban J connectivity index is 1.65. The molecule has 0 saturated carbocycles. The molecule has 0 amide bonds. The van der Waals surface area contributed by atoms with Crippen LogP contribution in [0.1, 0.15) is 11.1 Å². The summed E-state index contributed by atoms with van der Waals surface area (Å²) in [4.78, 5) is 0. The van der Waals surface area contributed by atoms with Crippen molar-refractivity contribution in [3.63, 3.8) is 0 Å². The fraction of sp³-hybridized carbons (Fsp3) is 0. The van der Waals surface area contributed by atoms with E-state index in [1.165, 1.54) is 10.4 Å². The highest BCUT2D eigenvalue weighted by molar-refractivity contribution is 6.62. The summed E-state index contributed by atoms with van der Waals surface area (Å²) >= 11 is 0. The Morgan fingerprint density at radius 1 is 0.500 bits per heavy atom. The van der Waals surface area contributed by atoms with Crippen LogP contribution in [-0.4, -0.2) is 19.0 Å². The van der Waals surface area contributed by atoms with E-state index in [2.05, 4.69) is 53.3 Å². The van der Waals surface area contributed by atoms with Gasteiger partial charge in [0.25, 0.3) is 0 Å². The van der Waals surface area contributed by atoms with Gasteiger partial charge in [0.1, 0.15) is 0 Å². The lowest BCUT2D eigenvalue weighted by Crippen LogP contribution is -2.10. The standard InChI is InChI=1S/C22H14Si2/c1-3-10-21(11-4-1)23-16-14-19-8-7-9-20(18-19)15-17-24-22-12-5-2-6-13-22/h1-13,18H. The Kier molecular flexibility index (Phi) is 5.86. The largest absolute Gasteiger partial charge is 0.187 e. The fourth-order valence-corrected chi connectivity index (χ4v) is 3.49. The maximum absolute atomic E-state index is 3.26. The van der Waals surface area contributed by atoms with E-state index in [0.717, 1.165) is 11.1 Å². The predicted molar refractivity (Wildman–Crippen MR) is 104 cm³/mol. The second-order valence-electron chi connectivity index (χ2n) is 5.06. The monoisotopic (exact) mass is 334 g/mol. The summed E-state index contributed by atoms with van der Waals surface area (Å²) in [6.07, 6.45) is 0. The molecule has 0 aliphatic carbocycles. The molecule has 0 unspecified atom stereocenters. The quantitative estimate of drug-likeness (QED) is 0.499. The summed E-state index contributed by atoms with van der Waals surface area (Å²) in [5, 5.41) is 2.54. The van der Waals surface area contributed by atoms with Crippen LogP contribution in [0.15, 0.2) is 84.9 Å². The normalized spacial score (nSPS) is 9.33. The predicted octanol–water partition coefficient (Wildman–Crippen LogP) is 2.36. The molecule has 0 nitrogen and oxygen atoms in total. The molecule has 3 aromatic carbocycles. The van der Waals surface area contributed by atoms with Gasteiger partial charge in [-0.05, 0) is 28.6 Å². The van der Waals surface area contributed by atoms with Gasteiger partial charge >= 0.3 is 0 Å². The molecular weight excluding hydrogens is 320 g/mol. The summed E-state index contributed by atoms with van der Waals surface area (Å²) in [6, 6.07) is 28.8. The van der Waals surface area contributed by atoms with Crippen LogP contribution in [-0.2, 0) is 0 Å². The maximum Gasteiger partial charge on any atom is 0.187 e. The van der Waals surface area contributed by atoms with Gasteiger partial charge in [-0.25, -0.2) is 0 Å². The van der Waals surface area contributed by atoms with Crippen LogP contribution in [0.5, 0.6) is 0 Å². The summed E-state index contributed by atoms with van der Waals surface area (Å²) in [7, 11) is 1.03. The van der Waals surface area contributed by atoms with Crippen LogP contribution in [0.4, 0.5) is 0 Å². The Labute approximate surface area is 148 Å². The molecule has 0 aliphatic heterocycles. The second kappa shape index (κ2) is 8.74. The summed E-state index contributed by atoms with van der Waals surface area (Å²) in [5.41, 5.74) is 8.56. The Bertz CT molecular complexity index is 833. The maximum atomic E-state index is 3.26. The van der Waals surface area contributed by atoms with E-state index < -0.39 is 0 Å². The van der Waals surface area contributed by atoms with Crippen molar-refractivity contribution in [2.24, 2.45) is 0 Å². The van der Waals surface area contributed by atoms with Gasteiger partial charge in [0.05, 0.1) is 0 Å². The number of hydrogen-bond donors (Lipinski definition) is 0. The van der Waals surface area contributed by atoms with Gasteiger partial charge in [-0.15, -0.1) is 11.1 Å². The van der Waals surface area contributed by atoms with Crippen molar-refractivity contribution in [3.05, 3.63) is 96.1 Å². The highest BCUT2D eigenvalue weighted by Gasteiger charge is 1.92. The number of rotatable bonds is 2. The molecule has 0 fully saturated rings. The fourth-order valence-electron chi connectivity index (χ4n) is 2.07. The third-order valence-corrected chi connectivity index (χ3v) is 4.98. The zero-order chi connectivity index (χ0) is 16.5. The van der Waals surface area contributed by atoms with Gasteiger partial charge in [-0.2, -0.15) is 0 Å². The van der Waals surface area contributed by atoms with Crippen LogP contribution >= 0.6 is 0 Å². The molecule has 0 atom stereocenters. The molecule has 3 aromatic rings. The molecular formula is C22H14Si2. The van der Waals surface area contributed by atoms with Crippen LogP contribution in [0, 0.1) is 22.9 Å². The first-order valence-electron chi connectivity index (χ1n) is 7.64. The topological polar surface area (TPSA) is 0 Å². The van der Waals surface area contributed by atoms with Gasteiger partial charge in [-0.3, -0.25) is 0 Å². The minimum absolute atomic E-state index is 0.513. The lowest BCUT2D eigenvalue weighted by Gasteiger charge is -1.94. The zero-order valence-electron chi connectivity index (χ0n) is 13.1. The lowest BCUT2D eigenvalue weighted by atomic mass is 10.1. The Hall–Kier alpha value is -2.79. The molecule has 2 heteroatoms. The van der Waals surface area contributed by atoms with Crippen molar-refractivity contribution in [1.82, 2.24) is 0 Å². The third-order valence-electron chi connectivity index (χ3n) is 3.24. The van der Waals surface area contributed by atoms with Crippen molar-refractivity contribution >= 4 is 29.4 Å². The average Bonchev–Trinajstić information content (AvgIpc) is 2.64. The molecule has 4 radical (unpaired) electrons. The van der Waals surface area contributed by atoms with Crippen molar-refractivity contribution < 1.29 is 0 Å². The lowest BCUT2D eigenvalue weighted by molar-refractivity contribution is 1.60. The molecule has 0 aliphatic rings. The summed E-state index contributed by atoms with van der Waals surface area (Å²) in [6.45, 7) is 0. The molecule has 0 spiro atoms. The van der Waals surface area contributed by atoms with Crippen LogP contribution in [0.25, 0.3) is 0 Å². The molecule has 0 bridgehead atoms. The van der Waals surface area contributed by atoms with Gasteiger partial charge in [0.2, 0.25) is 0 Å². The minimum atomic E-state index is 0.513. The first-order chi connectivity index (χ1) is 11.9. The van der Waals surface area contributed by atoms with E-state index in [1.54, 1.807) is 0 Å². The average molecular weight is 335 g/mol. The molecule has 0 N–H and O–H groups in total. The molecule has 0 saturated heterocycles. The smallest absolute Gasteiger partial charge is 0.124 e. The highest BCUT2D eigenvalue weighted by Crippen LogP contribution is 2.02. The highest BCUT2D eigenvalue weighted by atomic mass is 28.2. The van der Waals surface area contributed by atoms with E-state index in [1.807, 2.05) is 54.6 Å². The van der Waals surface area contributed by atoms with E-state index in [0.29, 0.717) is 19.0 Å². The van der Waals surface area contributed by atoms with Crippen molar-refractivity contribution in [3.8, 4) is 22.9 Å². The van der Waals surface area contributed by atoms with E-state index in [-0.39, 0.29) is 0 Å². The van der Waals surface area contributed by atoms with Gasteiger partial charge in [-0.1, -0.05) is 78.6 Å². The van der Waals surface area contributed by atoms with Gasteiger partial charge in [0, 0.05) is 11.1 Å². The van der Waals surface area contributed by atoms with Gasteiger partial charge < -0.3 is 0 Å². The molecule has 110 valence electrons. The van der Waals surface area contributed by atoms with Crippen LogP contribution in [0.3, 0.4) is 0 Å². The SMILES string of the molecule is C(#Cc1cccc(C#C[Si]c2ccccc2)c1)[Si]c1ccccc1. The van der Waals surface area contributed by atoms with Crippen LogP contribution in [0.2, 0.25) is 0 Å². The van der Waals surface area contributed by atoms with E-state index in [9.17, 15) is 0 Å². The molecule has 0 heterocycles. The van der Waals surface area contributed by atoms with Crippen molar-refractivity contribution in [2.45, 2.75) is 0 Å². The molecule has 3 rings (SSSR count). The number of benzene rings is 3. The Morgan fingerprint density at radius 3 is 1.42 bits per heavy atom.